The summed E-state index contributed by atoms with van der Waals surface area (Å²) in [6, 6.07) is 16.0. The summed E-state index contributed by atoms with van der Waals surface area (Å²) in [5, 5.41) is 9.44. The van der Waals surface area contributed by atoms with Gasteiger partial charge in [-0.05, 0) is 49.1 Å². The molecule has 4 heteroatoms. The maximum absolute atomic E-state index is 13.4. The number of nitrogens with zero attached hydrogens (tertiary/aromatic N) is 2. The maximum Gasteiger partial charge on any atom is 0.124 e. The van der Waals surface area contributed by atoms with Gasteiger partial charge >= 0.3 is 0 Å². The lowest BCUT2D eigenvalue weighted by atomic mass is 9.85. The van der Waals surface area contributed by atoms with Crippen LogP contribution in [0.25, 0.3) is 0 Å². The number of likely N-dealkylation sites (tertiary alicyclic amines) is 1. The second-order valence-electron chi connectivity index (χ2n) is 7.35. The molecule has 1 fully saturated rings. The molecule has 0 aromatic heterocycles. The molecule has 3 nitrogen and oxygen atoms in total. The molecule has 26 heavy (non-hydrogen) atoms. The molecular formula is C22H23FN2O. The van der Waals surface area contributed by atoms with Crippen LogP contribution in [-0.4, -0.2) is 18.1 Å². The normalized spacial score (nSPS) is 25.8. The van der Waals surface area contributed by atoms with Crippen LogP contribution in [0.5, 0.6) is 5.75 Å². The van der Waals surface area contributed by atoms with Crippen LogP contribution < -0.4 is 4.74 Å². The molecule has 2 aliphatic heterocycles. The van der Waals surface area contributed by atoms with E-state index in [-0.39, 0.29) is 23.8 Å². The van der Waals surface area contributed by atoms with Crippen molar-refractivity contribution in [1.82, 2.24) is 4.90 Å². The molecule has 2 aromatic rings. The zero-order chi connectivity index (χ0) is 18.1. The van der Waals surface area contributed by atoms with Gasteiger partial charge in [0.25, 0.3) is 0 Å². The summed E-state index contributed by atoms with van der Waals surface area (Å²) < 4.78 is 19.3. The number of fused-ring (bicyclic) bond motifs is 1. The summed E-state index contributed by atoms with van der Waals surface area (Å²) in [7, 11) is 0. The Morgan fingerprint density at radius 3 is 2.69 bits per heavy atom. The van der Waals surface area contributed by atoms with E-state index in [4.69, 9.17) is 4.74 Å². The maximum atomic E-state index is 13.4. The van der Waals surface area contributed by atoms with Crippen LogP contribution in [0.2, 0.25) is 0 Å². The van der Waals surface area contributed by atoms with Gasteiger partial charge in [-0.2, -0.15) is 5.26 Å². The van der Waals surface area contributed by atoms with Crippen molar-refractivity contribution in [3.63, 3.8) is 0 Å². The molecule has 0 saturated carbocycles. The SMILES string of the molecule is Cc1ccc2c(c1)OCC[C@@H]2N1CC[C@H](C#N)C[C@@H]1c1ccc(F)cc1. The van der Waals surface area contributed by atoms with Crippen molar-refractivity contribution in [3.05, 3.63) is 65.0 Å². The Kier molecular flexibility index (Phi) is 4.65. The number of hydrogen-bond acceptors (Lipinski definition) is 3. The van der Waals surface area contributed by atoms with Crippen LogP contribution in [0.1, 0.15) is 48.0 Å². The highest BCUT2D eigenvalue weighted by Crippen LogP contribution is 2.44. The van der Waals surface area contributed by atoms with E-state index in [0.29, 0.717) is 6.61 Å². The second-order valence-corrected chi connectivity index (χ2v) is 7.35. The third kappa shape index (κ3) is 3.20. The predicted molar refractivity (Wildman–Crippen MR) is 98.2 cm³/mol. The van der Waals surface area contributed by atoms with Gasteiger partial charge in [0.1, 0.15) is 11.6 Å². The summed E-state index contributed by atoms with van der Waals surface area (Å²) in [6.07, 6.45) is 2.61. The van der Waals surface area contributed by atoms with Crippen molar-refractivity contribution in [3.8, 4) is 11.8 Å². The summed E-state index contributed by atoms with van der Waals surface area (Å²) >= 11 is 0. The van der Waals surface area contributed by atoms with E-state index in [9.17, 15) is 9.65 Å². The topological polar surface area (TPSA) is 36.3 Å². The van der Waals surface area contributed by atoms with Gasteiger partial charge in [0.2, 0.25) is 0 Å². The molecule has 0 N–H and O–H groups in total. The van der Waals surface area contributed by atoms with Crippen LogP contribution in [-0.2, 0) is 0 Å². The number of ether oxygens (including phenoxy) is 1. The number of halogens is 1. The van der Waals surface area contributed by atoms with E-state index in [1.807, 2.05) is 12.1 Å². The Morgan fingerprint density at radius 1 is 1.12 bits per heavy atom. The van der Waals surface area contributed by atoms with Crippen LogP contribution in [0.3, 0.4) is 0 Å². The molecule has 0 radical (unpaired) electrons. The third-order valence-corrected chi connectivity index (χ3v) is 5.66. The molecule has 0 amide bonds. The molecule has 2 aliphatic rings. The number of hydrogen-bond donors (Lipinski definition) is 0. The Balaban J connectivity index is 1.70. The average Bonchev–Trinajstić information content (AvgIpc) is 2.67. The minimum atomic E-state index is -0.222. The Hall–Kier alpha value is -2.38. The Bertz CT molecular complexity index is 827. The van der Waals surface area contributed by atoms with E-state index in [1.54, 1.807) is 0 Å². The molecule has 0 unspecified atom stereocenters. The Labute approximate surface area is 154 Å². The first-order valence-electron chi connectivity index (χ1n) is 9.30. The number of nitriles is 1. The molecular weight excluding hydrogens is 327 g/mol. The van der Waals surface area contributed by atoms with Crippen LogP contribution >= 0.6 is 0 Å². The van der Waals surface area contributed by atoms with Crippen LogP contribution in [0.15, 0.2) is 42.5 Å². The van der Waals surface area contributed by atoms with Crippen molar-refractivity contribution >= 4 is 0 Å². The summed E-state index contributed by atoms with van der Waals surface area (Å²) in [5.74, 6) is 0.806. The van der Waals surface area contributed by atoms with E-state index in [2.05, 4.69) is 36.1 Å². The minimum absolute atomic E-state index is 0.0543. The molecule has 0 aliphatic carbocycles. The van der Waals surface area contributed by atoms with Crippen LogP contribution in [0.4, 0.5) is 4.39 Å². The van der Waals surface area contributed by atoms with Crippen LogP contribution in [0, 0.1) is 30.0 Å². The lowest BCUT2D eigenvalue weighted by molar-refractivity contribution is 0.0551. The molecule has 3 atom stereocenters. The number of aryl methyl sites for hydroxylation is 1. The van der Waals surface area contributed by atoms with Gasteiger partial charge in [0, 0.05) is 36.5 Å². The van der Waals surface area contributed by atoms with Gasteiger partial charge in [-0.15, -0.1) is 0 Å². The fraction of sp³-hybridized carbons (Fsp3) is 0.409. The molecule has 0 spiro atoms. The van der Waals surface area contributed by atoms with E-state index in [1.165, 1.54) is 23.3 Å². The molecule has 4 rings (SSSR count). The van der Waals surface area contributed by atoms with Gasteiger partial charge in [0.05, 0.1) is 12.7 Å². The second kappa shape index (κ2) is 7.09. The average molecular weight is 350 g/mol. The quantitative estimate of drug-likeness (QED) is 0.770. The molecule has 0 bridgehead atoms. The molecule has 134 valence electrons. The largest absolute Gasteiger partial charge is 0.493 e. The van der Waals surface area contributed by atoms with Gasteiger partial charge in [-0.3, -0.25) is 4.90 Å². The third-order valence-electron chi connectivity index (χ3n) is 5.66. The highest BCUT2D eigenvalue weighted by Gasteiger charge is 2.36. The highest BCUT2D eigenvalue weighted by atomic mass is 19.1. The van der Waals surface area contributed by atoms with Gasteiger partial charge in [0.15, 0.2) is 0 Å². The van der Waals surface area contributed by atoms with Gasteiger partial charge in [-0.1, -0.05) is 24.3 Å². The van der Waals surface area contributed by atoms with Crippen molar-refractivity contribution in [2.45, 2.75) is 38.3 Å². The molecule has 1 saturated heterocycles. The monoisotopic (exact) mass is 350 g/mol. The Morgan fingerprint density at radius 2 is 1.92 bits per heavy atom. The summed E-state index contributed by atoms with van der Waals surface area (Å²) in [6.45, 7) is 3.65. The highest BCUT2D eigenvalue weighted by molar-refractivity contribution is 5.41. The van der Waals surface area contributed by atoms with Crippen molar-refractivity contribution in [2.24, 2.45) is 5.92 Å². The first-order chi connectivity index (χ1) is 12.7. The van der Waals surface area contributed by atoms with Gasteiger partial charge < -0.3 is 4.74 Å². The number of rotatable bonds is 2. The van der Waals surface area contributed by atoms with Crippen molar-refractivity contribution < 1.29 is 9.13 Å². The smallest absolute Gasteiger partial charge is 0.124 e. The van der Waals surface area contributed by atoms with E-state index in [0.717, 1.165) is 37.1 Å². The van der Waals surface area contributed by atoms with Crippen molar-refractivity contribution in [2.75, 3.05) is 13.2 Å². The number of benzene rings is 2. The summed E-state index contributed by atoms with van der Waals surface area (Å²) in [5.41, 5.74) is 3.51. The van der Waals surface area contributed by atoms with Crippen molar-refractivity contribution in [1.29, 1.82) is 5.26 Å². The van der Waals surface area contributed by atoms with E-state index >= 15 is 0 Å². The van der Waals surface area contributed by atoms with Gasteiger partial charge in [-0.25, -0.2) is 4.39 Å². The standard InChI is InChI=1S/C22H23FN2O/c1-15-2-7-19-20(9-11-26-22(19)12-15)25-10-8-16(14-24)13-21(25)17-3-5-18(23)6-4-17/h2-7,12,16,20-21H,8-11,13H2,1H3/t16-,20-,21+/m0/s1. The zero-order valence-corrected chi connectivity index (χ0v) is 15.0. The fourth-order valence-electron chi connectivity index (χ4n) is 4.31. The zero-order valence-electron chi connectivity index (χ0n) is 15.0. The lowest BCUT2D eigenvalue weighted by Crippen LogP contribution is -2.41. The minimum Gasteiger partial charge on any atom is -0.493 e. The molecule has 2 heterocycles. The predicted octanol–water partition coefficient (Wildman–Crippen LogP) is 4.93. The first kappa shape index (κ1) is 17.1. The molecule has 2 aromatic carbocycles. The lowest BCUT2D eigenvalue weighted by Gasteiger charge is -2.44. The van der Waals surface area contributed by atoms with E-state index < -0.39 is 0 Å². The first-order valence-corrected chi connectivity index (χ1v) is 9.30. The number of piperidine rings is 1. The fourth-order valence-corrected chi connectivity index (χ4v) is 4.31. The summed E-state index contributed by atoms with van der Waals surface area (Å²) in [4.78, 5) is 2.50.